The van der Waals surface area contributed by atoms with Crippen molar-refractivity contribution < 1.29 is 3.93 Å². The zero-order valence-corrected chi connectivity index (χ0v) is 7.65. The Bertz CT molecular complexity index is 316. The second-order valence-electron chi connectivity index (χ2n) is 1.99. The summed E-state index contributed by atoms with van der Waals surface area (Å²) in [5.41, 5.74) is 0.979. The second-order valence-corrected chi connectivity index (χ2v) is 2.28. The molecule has 0 bridgehead atoms. The highest BCUT2D eigenvalue weighted by Gasteiger charge is 2.00. The molecule has 4 heteroatoms. The molecule has 0 spiro atoms. The first-order chi connectivity index (χ1) is 5.88. The van der Waals surface area contributed by atoms with Crippen LogP contribution in [-0.4, -0.2) is 5.71 Å². The first-order valence-electron chi connectivity index (χ1n) is 3.19. The number of benzene rings is 1. The molecular formula is C8H5BrN2O. The quantitative estimate of drug-likeness (QED) is 0.572. The molecular weight excluding hydrogens is 220 g/mol. The van der Waals surface area contributed by atoms with E-state index < -0.39 is 0 Å². The minimum absolute atomic E-state index is 0.243. The lowest BCUT2D eigenvalue weighted by Gasteiger charge is -1.93. The zero-order chi connectivity index (χ0) is 8.81. The monoisotopic (exact) mass is 224 g/mol. The summed E-state index contributed by atoms with van der Waals surface area (Å²) in [5.74, 6) is 0. The molecule has 0 atom stereocenters. The molecule has 0 N–H and O–H groups in total. The maximum atomic E-state index is 8.63. The predicted molar refractivity (Wildman–Crippen MR) is 48.6 cm³/mol. The van der Waals surface area contributed by atoms with Gasteiger partial charge in [-0.2, -0.15) is 5.26 Å². The molecule has 1 aromatic carbocycles. The highest BCUT2D eigenvalue weighted by atomic mass is 79.9. The number of hydrogen-bond donors (Lipinski definition) is 0. The minimum atomic E-state index is 0.243. The van der Waals surface area contributed by atoms with Gasteiger partial charge in [0.25, 0.3) is 0 Å². The SMILES string of the molecule is N#CC(=NOBr)c1ccccc1. The summed E-state index contributed by atoms with van der Waals surface area (Å²) in [6, 6.07) is 11.0. The average Bonchev–Trinajstić information content (AvgIpc) is 2.15. The normalized spacial score (nSPS) is 10.5. The van der Waals surface area contributed by atoms with Crippen LogP contribution < -0.4 is 0 Å². The Hall–Kier alpha value is -1.34. The Morgan fingerprint density at radius 2 is 2.08 bits per heavy atom. The van der Waals surface area contributed by atoms with Crippen LogP contribution in [0.4, 0.5) is 0 Å². The standard InChI is InChI=1S/C8H5BrN2O/c9-12-11-8(6-10)7-4-2-1-3-5-7/h1-5H. The maximum Gasteiger partial charge on any atom is 0.215 e. The van der Waals surface area contributed by atoms with Crippen LogP contribution in [0, 0.1) is 11.3 Å². The third-order valence-corrected chi connectivity index (χ3v) is 1.42. The molecule has 1 aromatic rings. The van der Waals surface area contributed by atoms with E-state index in [9.17, 15) is 0 Å². The van der Waals surface area contributed by atoms with E-state index in [1.165, 1.54) is 0 Å². The summed E-state index contributed by atoms with van der Waals surface area (Å²) in [7, 11) is 0. The van der Waals surface area contributed by atoms with Gasteiger partial charge in [0.2, 0.25) is 16.3 Å². The maximum absolute atomic E-state index is 8.63. The largest absolute Gasteiger partial charge is 0.314 e. The van der Waals surface area contributed by atoms with E-state index in [0.717, 1.165) is 5.56 Å². The number of nitrogens with zero attached hydrogens (tertiary/aromatic N) is 2. The van der Waals surface area contributed by atoms with Gasteiger partial charge in [-0.05, 0) is 0 Å². The van der Waals surface area contributed by atoms with Gasteiger partial charge >= 0.3 is 0 Å². The molecule has 0 heterocycles. The molecule has 0 aromatic heterocycles. The van der Waals surface area contributed by atoms with Crippen LogP contribution in [0.1, 0.15) is 5.56 Å². The highest BCUT2D eigenvalue weighted by Crippen LogP contribution is 2.01. The van der Waals surface area contributed by atoms with E-state index in [1.54, 1.807) is 12.1 Å². The van der Waals surface area contributed by atoms with Crippen LogP contribution >= 0.6 is 16.3 Å². The summed E-state index contributed by atoms with van der Waals surface area (Å²) in [6.45, 7) is 0. The molecule has 0 saturated carbocycles. The highest BCUT2D eigenvalue weighted by molar-refractivity contribution is 9.05. The third-order valence-electron chi connectivity index (χ3n) is 1.28. The van der Waals surface area contributed by atoms with Gasteiger partial charge in [-0.15, -0.1) is 0 Å². The van der Waals surface area contributed by atoms with Gasteiger partial charge in [0.1, 0.15) is 6.07 Å². The fraction of sp³-hybridized carbons (Fsp3) is 0. The van der Waals surface area contributed by atoms with Gasteiger partial charge in [0.15, 0.2) is 5.71 Å². The van der Waals surface area contributed by atoms with Crippen molar-refractivity contribution >= 4 is 22.0 Å². The molecule has 0 radical (unpaired) electrons. The van der Waals surface area contributed by atoms with Gasteiger partial charge in [0.05, 0.1) is 0 Å². The first-order valence-corrected chi connectivity index (χ1v) is 3.84. The van der Waals surface area contributed by atoms with E-state index in [0.29, 0.717) is 0 Å². The Labute approximate surface area is 78.7 Å². The molecule has 1 rings (SSSR count). The van der Waals surface area contributed by atoms with E-state index in [4.69, 9.17) is 5.26 Å². The minimum Gasteiger partial charge on any atom is -0.314 e. The van der Waals surface area contributed by atoms with Crippen LogP contribution in [0.2, 0.25) is 0 Å². The van der Waals surface area contributed by atoms with Gasteiger partial charge in [0, 0.05) is 5.56 Å². The number of nitriles is 1. The number of rotatable bonds is 2. The molecule has 0 saturated heterocycles. The molecule has 3 nitrogen and oxygen atoms in total. The van der Waals surface area contributed by atoms with E-state index in [-0.39, 0.29) is 5.71 Å². The van der Waals surface area contributed by atoms with Crippen LogP contribution in [0.15, 0.2) is 35.5 Å². The van der Waals surface area contributed by atoms with Crippen molar-refractivity contribution in [3.05, 3.63) is 35.9 Å². The predicted octanol–water partition coefficient (Wildman–Crippen LogP) is 2.24. The first kappa shape index (κ1) is 8.75. The van der Waals surface area contributed by atoms with Gasteiger partial charge < -0.3 is 3.93 Å². The van der Waals surface area contributed by atoms with E-state index in [2.05, 4.69) is 25.3 Å². The molecule has 0 aliphatic heterocycles. The van der Waals surface area contributed by atoms with Crippen molar-refractivity contribution in [2.75, 3.05) is 0 Å². The third kappa shape index (κ3) is 2.07. The topological polar surface area (TPSA) is 45.4 Å². The van der Waals surface area contributed by atoms with Gasteiger partial charge in [-0.3, -0.25) is 0 Å². The fourth-order valence-corrected chi connectivity index (χ4v) is 0.913. The summed E-state index contributed by atoms with van der Waals surface area (Å²) in [4.78, 5) is 0. The molecule has 0 unspecified atom stereocenters. The summed E-state index contributed by atoms with van der Waals surface area (Å²) < 4.78 is 4.33. The number of oxime groups is 1. The smallest absolute Gasteiger partial charge is 0.215 e. The Balaban J connectivity index is 2.98. The van der Waals surface area contributed by atoms with Crippen LogP contribution in [-0.2, 0) is 3.93 Å². The molecule has 0 fully saturated rings. The van der Waals surface area contributed by atoms with Crippen molar-refractivity contribution in [2.24, 2.45) is 5.16 Å². The fourth-order valence-electron chi connectivity index (χ4n) is 0.768. The van der Waals surface area contributed by atoms with Crippen molar-refractivity contribution in [2.45, 2.75) is 0 Å². The lowest BCUT2D eigenvalue weighted by molar-refractivity contribution is 0.432. The Morgan fingerprint density at radius 1 is 1.42 bits per heavy atom. The zero-order valence-electron chi connectivity index (χ0n) is 6.07. The van der Waals surface area contributed by atoms with Crippen LogP contribution in [0.3, 0.4) is 0 Å². The van der Waals surface area contributed by atoms with Gasteiger partial charge in [-0.25, -0.2) is 0 Å². The van der Waals surface area contributed by atoms with Gasteiger partial charge in [-0.1, -0.05) is 35.5 Å². The van der Waals surface area contributed by atoms with Crippen LogP contribution in [0.5, 0.6) is 0 Å². The lowest BCUT2D eigenvalue weighted by Crippen LogP contribution is -1.95. The van der Waals surface area contributed by atoms with E-state index >= 15 is 0 Å². The molecule has 0 aliphatic rings. The second kappa shape index (κ2) is 4.52. The average molecular weight is 225 g/mol. The molecule has 0 amide bonds. The van der Waals surface area contributed by atoms with Crippen molar-refractivity contribution in [1.82, 2.24) is 0 Å². The van der Waals surface area contributed by atoms with Crippen molar-refractivity contribution in [3.63, 3.8) is 0 Å². The van der Waals surface area contributed by atoms with Crippen molar-refractivity contribution in [1.29, 1.82) is 5.26 Å². The molecule has 12 heavy (non-hydrogen) atoms. The Morgan fingerprint density at radius 3 is 2.58 bits per heavy atom. The molecule has 0 aliphatic carbocycles. The number of halogens is 1. The van der Waals surface area contributed by atoms with Crippen LogP contribution in [0.25, 0.3) is 0 Å². The summed E-state index contributed by atoms with van der Waals surface area (Å²) >= 11 is 2.65. The number of hydrogen-bond acceptors (Lipinski definition) is 3. The van der Waals surface area contributed by atoms with E-state index in [1.807, 2.05) is 24.3 Å². The lowest BCUT2D eigenvalue weighted by atomic mass is 10.1. The molecule has 60 valence electrons. The van der Waals surface area contributed by atoms with Crippen molar-refractivity contribution in [3.8, 4) is 6.07 Å². The Kier molecular flexibility index (Phi) is 3.30. The summed E-state index contributed by atoms with van der Waals surface area (Å²) in [5, 5.41) is 12.1. The summed E-state index contributed by atoms with van der Waals surface area (Å²) in [6.07, 6.45) is 0.